The Balaban J connectivity index is 2.36. The molecule has 0 aromatic carbocycles. The zero-order chi connectivity index (χ0) is 11.1. The van der Waals surface area contributed by atoms with Crippen LogP contribution in [0, 0.1) is 0 Å². The summed E-state index contributed by atoms with van der Waals surface area (Å²) < 4.78 is 5.13. The largest absolute Gasteiger partial charge is 0.394 e. The minimum absolute atomic E-state index is 0.00374. The van der Waals surface area contributed by atoms with Gasteiger partial charge in [-0.25, -0.2) is 0 Å². The van der Waals surface area contributed by atoms with Crippen LogP contribution in [0.4, 0.5) is 0 Å². The van der Waals surface area contributed by atoms with Crippen molar-refractivity contribution in [2.45, 2.75) is 31.2 Å². The number of nitrogens with two attached hydrogens (primary N) is 1. The quantitative estimate of drug-likeness (QED) is 0.535. The maximum atomic E-state index is 11.7. The zero-order valence-electron chi connectivity index (χ0n) is 9.00. The van der Waals surface area contributed by atoms with Crippen molar-refractivity contribution in [3.63, 3.8) is 0 Å². The van der Waals surface area contributed by atoms with E-state index in [0.29, 0.717) is 26.1 Å². The Morgan fingerprint density at radius 1 is 1.47 bits per heavy atom. The maximum Gasteiger partial charge on any atom is 0.240 e. The second-order valence-electron chi connectivity index (χ2n) is 3.96. The number of ether oxygens (including phenoxy) is 1. The SMILES string of the molecule is NC1(CCOCCO)CCCCNC1=O. The molecule has 88 valence electrons. The van der Waals surface area contributed by atoms with Crippen LogP contribution in [0.1, 0.15) is 25.7 Å². The van der Waals surface area contributed by atoms with Crippen LogP contribution in [0.25, 0.3) is 0 Å². The molecule has 5 heteroatoms. The first kappa shape index (κ1) is 12.4. The summed E-state index contributed by atoms with van der Waals surface area (Å²) in [6, 6.07) is 0. The number of carbonyl (C=O) groups is 1. The number of carbonyl (C=O) groups excluding carboxylic acids is 1. The Morgan fingerprint density at radius 2 is 2.27 bits per heavy atom. The lowest BCUT2D eigenvalue weighted by Gasteiger charge is -2.25. The van der Waals surface area contributed by atoms with Gasteiger partial charge in [-0.1, -0.05) is 0 Å². The molecule has 1 aliphatic rings. The Hall–Kier alpha value is -0.650. The molecule has 15 heavy (non-hydrogen) atoms. The summed E-state index contributed by atoms with van der Waals surface area (Å²) in [5.41, 5.74) is 5.24. The van der Waals surface area contributed by atoms with E-state index in [0.717, 1.165) is 19.4 Å². The molecule has 0 bridgehead atoms. The zero-order valence-corrected chi connectivity index (χ0v) is 9.00. The fraction of sp³-hybridized carbons (Fsp3) is 0.900. The van der Waals surface area contributed by atoms with Gasteiger partial charge < -0.3 is 20.9 Å². The molecule has 0 aromatic heterocycles. The molecular weight excluding hydrogens is 196 g/mol. The van der Waals surface area contributed by atoms with Gasteiger partial charge in [0.25, 0.3) is 0 Å². The highest BCUT2D eigenvalue weighted by atomic mass is 16.5. The van der Waals surface area contributed by atoms with Crippen LogP contribution in [0.3, 0.4) is 0 Å². The third-order valence-electron chi connectivity index (χ3n) is 2.72. The fourth-order valence-corrected chi connectivity index (χ4v) is 1.72. The van der Waals surface area contributed by atoms with E-state index in [2.05, 4.69) is 5.32 Å². The molecule has 0 saturated carbocycles. The summed E-state index contributed by atoms with van der Waals surface area (Å²) in [4.78, 5) is 11.7. The third-order valence-corrected chi connectivity index (χ3v) is 2.72. The van der Waals surface area contributed by atoms with Gasteiger partial charge in [0.2, 0.25) is 5.91 Å². The number of nitrogens with one attached hydrogen (secondary N) is 1. The van der Waals surface area contributed by atoms with Crippen LogP contribution in [0.5, 0.6) is 0 Å². The molecule has 1 fully saturated rings. The van der Waals surface area contributed by atoms with Crippen LogP contribution in [-0.2, 0) is 9.53 Å². The molecule has 1 rings (SSSR count). The Kier molecular flexibility index (Phi) is 5.01. The van der Waals surface area contributed by atoms with Crippen LogP contribution in [0.15, 0.2) is 0 Å². The molecule has 0 aliphatic carbocycles. The van der Waals surface area contributed by atoms with Crippen molar-refractivity contribution in [1.29, 1.82) is 0 Å². The summed E-state index contributed by atoms with van der Waals surface area (Å²) in [6.45, 7) is 1.45. The first-order chi connectivity index (χ1) is 7.19. The number of hydrogen-bond donors (Lipinski definition) is 3. The monoisotopic (exact) mass is 216 g/mol. The Morgan fingerprint density at radius 3 is 3.00 bits per heavy atom. The molecule has 1 heterocycles. The molecule has 1 amide bonds. The first-order valence-electron chi connectivity index (χ1n) is 5.45. The van der Waals surface area contributed by atoms with Gasteiger partial charge >= 0.3 is 0 Å². The van der Waals surface area contributed by atoms with Crippen molar-refractivity contribution in [2.75, 3.05) is 26.4 Å². The number of hydrogen-bond acceptors (Lipinski definition) is 4. The lowest BCUT2D eigenvalue weighted by atomic mass is 9.91. The first-order valence-corrected chi connectivity index (χ1v) is 5.45. The smallest absolute Gasteiger partial charge is 0.240 e. The summed E-state index contributed by atoms with van der Waals surface area (Å²) >= 11 is 0. The molecule has 1 atom stereocenters. The van der Waals surface area contributed by atoms with Gasteiger partial charge in [0, 0.05) is 13.2 Å². The van der Waals surface area contributed by atoms with Gasteiger partial charge in [0.15, 0.2) is 0 Å². The number of aliphatic hydroxyl groups is 1. The van der Waals surface area contributed by atoms with E-state index in [1.165, 1.54) is 0 Å². The summed E-state index contributed by atoms with van der Waals surface area (Å²) in [7, 11) is 0. The number of rotatable bonds is 5. The summed E-state index contributed by atoms with van der Waals surface area (Å²) in [6.07, 6.45) is 3.18. The lowest BCUT2D eigenvalue weighted by molar-refractivity contribution is -0.126. The predicted octanol–water partition coefficient (Wildman–Crippen LogP) is -0.617. The van der Waals surface area contributed by atoms with Gasteiger partial charge in [-0.05, 0) is 25.7 Å². The van der Waals surface area contributed by atoms with Crippen LogP contribution in [0.2, 0.25) is 0 Å². The minimum Gasteiger partial charge on any atom is -0.394 e. The van der Waals surface area contributed by atoms with E-state index in [-0.39, 0.29) is 12.5 Å². The Labute approximate surface area is 90.0 Å². The van der Waals surface area contributed by atoms with Gasteiger partial charge in [-0.15, -0.1) is 0 Å². The standard InChI is InChI=1S/C10H20N2O3/c11-10(4-7-15-8-6-13)3-1-2-5-12-9(10)14/h13H,1-8,11H2,(H,12,14). The summed E-state index contributed by atoms with van der Waals surface area (Å²) in [5, 5.41) is 11.3. The topological polar surface area (TPSA) is 84.6 Å². The van der Waals surface area contributed by atoms with E-state index in [9.17, 15) is 4.79 Å². The predicted molar refractivity (Wildman–Crippen MR) is 56.3 cm³/mol. The highest BCUT2D eigenvalue weighted by Crippen LogP contribution is 2.18. The van der Waals surface area contributed by atoms with Crippen molar-refractivity contribution in [3.05, 3.63) is 0 Å². The van der Waals surface area contributed by atoms with Crippen molar-refractivity contribution in [2.24, 2.45) is 5.73 Å². The average Bonchev–Trinajstić information content (AvgIpc) is 2.38. The molecule has 0 spiro atoms. The van der Waals surface area contributed by atoms with Crippen molar-refractivity contribution in [1.82, 2.24) is 5.32 Å². The normalized spacial score (nSPS) is 27.2. The van der Waals surface area contributed by atoms with Crippen LogP contribution in [-0.4, -0.2) is 42.9 Å². The van der Waals surface area contributed by atoms with Crippen molar-refractivity contribution in [3.8, 4) is 0 Å². The van der Waals surface area contributed by atoms with Crippen molar-refractivity contribution < 1.29 is 14.6 Å². The molecule has 5 nitrogen and oxygen atoms in total. The maximum absolute atomic E-state index is 11.7. The second kappa shape index (κ2) is 6.05. The third kappa shape index (κ3) is 3.77. The molecule has 1 unspecified atom stereocenters. The van der Waals surface area contributed by atoms with Gasteiger partial charge in [0.1, 0.15) is 0 Å². The van der Waals surface area contributed by atoms with E-state index in [1.54, 1.807) is 0 Å². The van der Waals surface area contributed by atoms with E-state index >= 15 is 0 Å². The van der Waals surface area contributed by atoms with E-state index in [1.807, 2.05) is 0 Å². The molecular formula is C10H20N2O3. The van der Waals surface area contributed by atoms with E-state index < -0.39 is 5.54 Å². The van der Waals surface area contributed by atoms with E-state index in [4.69, 9.17) is 15.6 Å². The van der Waals surface area contributed by atoms with Crippen LogP contribution >= 0.6 is 0 Å². The highest BCUT2D eigenvalue weighted by Gasteiger charge is 2.34. The number of aliphatic hydroxyl groups excluding tert-OH is 1. The average molecular weight is 216 g/mol. The molecule has 1 saturated heterocycles. The highest BCUT2D eigenvalue weighted by molar-refractivity contribution is 5.86. The second-order valence-corrected chi connectivity index (χ2v) is 3.96. The molecule has 0 radical (unpaired) electrons. The fourth-order valence-electron chi connectivity index (χ4n) is 1.72. The van der Waals surface area contributed by atoms with Gasteiger partial charge in [-0.2, -0.15) is 0 Å². The number of amides is 1. The molecule has 4 N–H and O–H groups in total. The summed E-state index contributed by atoms with van der Waals surface area (Å²) in [5.74, 6) is -0.0763. The molecule has 1 aliphatic heterocycles. The van der Waals surface area contributed by atoms with Crippen LogP contribution < -0.4 is 11.1 Å². The van der Waals surface area contributed by atoms with Crippen molar-refractivity contribution >= 4 is 5.91 Å². The van der Waals surface area contributed by atoms with Gasteiger partial charge in [-0.3, -0.25) is 4.79 Å². The Bertz CT molecular complexity index is 211. The molecule has 0 aromatic rings. The lowest BCUT2D eigenvalue weighted by Crippen LogP contribution is -2.53. The minimum atomic E-state index is -0.786. The van der Waals surface area contributed by atoms with Gasteiger partial charge in [0.05, 0.1) is 18.8 Å².